The maximum atomic E-state index is 13.0. The van der Waals surface area contributed by atoms with Crippen LogP contribution in [0, 0.1) is 0 Å². The highest BCUT2D eigenvalue weighted by Crippen LogP contribution is 2.28. The average molecular weight is 514 g/mol. The predicted molar refractivity (Wildman–Crippen MR) is 147 cm³/mol. The Morgan fingerprint density at radius 1 is 0.973 bits per heavy atom. The molecule has 37 heavy (non-hydrogen) atoms. The molecule has 3 aromatic heterocycles. The Hall–Kier alpha value is -3.79. The van der Waals surface area contributed by atoms with E-state index in [0.29, 0.717) is 23.6 Å². The zero-order valence-corrected chi connectivity index (χ0v) is 21.3. The van der Waals surface area contributed by atoms with Crippen LogP contribution in [-0.4, -0.2) is 77.1 Å². The molecule has 0 saturated carbocycles. The smallest absolute Gasteiger partial charge is 0.276 e. The van der Waals surface area contributed by atoms with E-state index >= 15 is 0 Å². The van der Waals surface area contributed by atoms with Gasteiger partial charge in [0.25, 0.3) is 11.5 Å². The van der Waals surface area contributed by atoms with Crippen molar-refractivity contribution in [3.63, 3.8) is 0 Å². The number of ether oxygens (including phenoxy) is 1. The van der Waals surface area contributed by atoms with Crippen molar-refractivity contribution < 1.29 is 9.53 Å². The van der Waals surface area contributed by atoms with Crippen LogP contribution in [0.25, 0.3) is 44.5 Å². The van der Waals surface area contributed by atoms with Gasteiger partial charge in [-0.2, -0.15) is 0 Å². The highest BCUT2D eigenvalue weighted by Gasteiger charge is 2.22. The maximum Gasteiger partial charge on any atom is 0.276 e. The van der Waals surface area contributed by atoms with Crippen LogP contribution in [0.4, 0.5) is 0 Å². The number of nitrogens with one attached hydrogen (secondary N) is 2. The van der Waals surface area contributed by atoms with E-state index in [4.69, 9.17) is 4.74 Å². The van der Waals surface area contributed by atoms with Crippen LogP contribution in [0.2, 0.25) is 0 Å². The summed E-state index contributed by atoms with van der Waals surface area (Å²) in [5.41, 5.74) is 6.06. The van der Waals surface area contributed by atoms with Crippen LogP contribution < -0.4 is 5.56 Å². The van der Waals surface area contributed by atoms with Gasteiger partial charge in [0.05, 0.1) is 23.3 Å². The Labute approximate surface area is 217 Å². The molecular formula is C28H27N5O3S. The molecule has 0 bridgehead atoms. The van der Waals surface area contributed by atoms with Crippen molar-refractivity contribution in [2.45, 2.75) is 0 Å². The lowest BCUT2D eigenvalue weighted by Crippen LogP contribution is -2.49. The molecule has 1 saturated heterocycles. The number of H-pyrrole nitrogens is 2. The zero-order chi connectivity index (χ0) is 25.4. The van der Waals surface area contributed by atoms with Crippen molar-refractivity contribution in [1.29, 1.82) is 0 Å². The van der Waals surface area contributed by atoms with Gasteiger partial charge in [-0.05, 0) is 35.4 Å². The van der Waals surface area contributed by atoms with Gasteiger partial charge < -0.3 is 19.6 Å². The van der Waals surface area contributed by atoms with Crippen LogP contribution in [0.3, 0.4) is 0 Å². The summed E-state index contributed by atoms with van der Waals surface area (Å²) < 4.78 is 5.16. The lowest BCUT2D eigenvalue weighted by Gasteiger charge is -2.34. The molecule has 1 amide bonds. The molecule has 2 N–H and O–H groups in total. The van der Waals surface area contributed by atoms with Gasteiger partial charge in [-0.1, -0.05) is 24.3 Å². The van der Waals surface area contributed by atoms with Crippen molar-refractivity contribution in [3.05, 3.63) is 75.2 Å². The first-order valence-electron chi connectivity index (χ1n) is 12.3. The summed E-state index contributed by atoms with van der Waals surface area (Å²) in [6, 6.07) is 15.9. The average Bonchev–Trinajstić information content (AvgIpc) is 3.57. The van der Waals surface area contributed by atoms with E-state index in [0.717, 1.165) is 65.8 Å². The van der Waals surface area contributed by atoms with Crippen molar-refractivity contribution in [2.75, 3.05) is 46.4 Å². The van der Waals surface area contributed by atoms with Crippen molar-refractivity contribution in [1.82, 2.24) is 24.8 Å². The summed E-state index contributed by atoms with van der Waals surface area (Å²) in [5.74, 6) is 0.0720. The number of thiophene rings is 1. The summed E-state index contributed by atoms with van der Waals surface area (Å²) in [7, 11) is 1.71. The summed E-state index contributed by atoms with van der Waals surface area (Å²) in [6.45, 7) is 4.81. The number of aromatic amines is 2. The van der Waals surface area contributed by atoms with Crippen molar-refractivity contribution >= 4 is 39.2 Å². The van der Waals surface area contributed by atoms with E-state index in [9.17, 15) is 9.59 Å². The topological polar surface area (TPSA) is 94.3 Å². The first-order chi connectivity index (χ1) is 18.1. The van der Waals surface area contributed by atoms with Gasteiger partial charge in [-0.3, -0.25) is 14.5 Å². The van der Waals surface area contributed by atoms with Crippen LogP contribution in [0.15, 0.2) is 64.1 Å². The Bertz CT molecular complexity index is 1630. The quantitative estimate of drug-likeness (QED) is 0.355. The Morgan fingerprint density at radius 2 is 1.76 bits per heavy atom. The van der Waals surface area contributed by atoms with Crippen LogP contribution in [-0.2, 0) is 4.74 Å². The number of piperazine rings is 1. The fraction of sp³-hybridized carbons (Fsp3) is 0.250. The van der Waals surface area contributed by atoms with Crippen molar-refractivity contribution in [3.8, 4) is 22.5 Å². The second kappa shape index (κ2) is 9.93. The number of amides is 1. The highest BCUT2D eigenvalue weighted by atomic mass is 32.1. The molecule has 2 aromatic carbocycles. The molecule has 0 spiro atoms. The Morgan fingerprint density at radius 3 is 2.54 bits per heavy atom. The summed E-state index contributed by atoms with van der Waals surface area (Å²) in [4.78, 5) is 40.7. The van der Waals surface area contributed by atoms with E-state index in [1.807, 2.05) is 52.1 Å². The first-order valence-corrected chi connectivity index (χ1v) is 13.2. The van der Waals surface area contributed by atoms with E-state index in [-0.39, 0.29) is 11.5 Å². The van der Waals surface area contributed by atoms with E-state index in [1.165, 1.54) is 11.3 Å². The maximum absolute atomic E-state index is 13.0. The molecule has 4 heterocycles. The normalized spacial score (nSPS) is 14.6. The fourth-order valence-electron chi connectivity index (χ4n) is 4.82. The highest BCUT2D eigenvalue weighted by molar-refractivity contribution is 7.09. The number of fused-ring (bicyclic) bond motifs is 2. The number of aromatic nitrogens is 3. The third-order valence-corrected chi connectivity index (χ3v) is 7.68. The molecular weight excluding hydrogens is 486 g/mol. The molecule has 0 unspecified atom stereocenters. The predicted octanol–water partition coefficient (Wildman–Crippen LogP) is 4.20. The lowest BCUT2D eigenvalue weighted by atomic mass is 10.0. The molecule has 6 rings (SSSR count). The largest absolute Gasteiger partial charge is 0.383 e. The number of benzene rings is 2. The van der Waals surface area contributed by atoms with Gasteiger partial charge in [-0.15, -0.1) is 11.3 Å². The van der Waals surface area contributed by atoms with Gasteiger partial charge >= 0.3 is 0 Å². The zero-order valence-electron chi connectivity index (χ0n) is 20.5. The summed E-state index contributed by atoms with van der Waals surface area (Å²) in [5, 5.41) is 4.81. The van der Waals surface area contributed by atoms with E-state index in [2.05, 4.69) is 32.0 Å². The molecule has 9 heteroatoms. The van der Waals surface area contributed by atoms with E-state index in [1.54, 1.807) is 7.11 Å². The SMILES string of the molecule is COCCN1CCN(C(=O)c2ccc(-c3ccc4cc(-c5nc6cscc6[nH]c5=O)[nH]c4c3)cc2)CC1. The van der Waals surface area contributed by atoms with Gasteiger partial charge in [-0.25, -0.2) is 4.98 Å². The number of hydrogen-bond donors (Lipinski definition) is 2. The monoisotopic (exact) mass is 513 g/mol. The van der Waals surface area contributed by atoms with Crippen LogP contribution in [0.1, 0.15) is 10.4 Å². The minimum Gasteiger partial charge on any atom is -0.383 e. The van der Waals surface area contributed by atoms with Crippen LogP contribution in [0.5, 0.6) is 0 Å². The van der Waals surface area contributed by atoms with Crippen LogP contribution >= 0.6 is 11.3 Å². The second-order valence-electron chi connectivity index (χ2n) is 9.27. The number of methoxy groups -OCH3 is 1. The molecule has 188 valence electrons. The van der Waals surface area contributed by atoms with Gasteiger partial charge in [0.1, 0.15) is 0 Å². The van der Waals surface area contributed by atoms with Gasteiger partial charge in [0.15, 0.2) is 5.69 Å². The minimum atomic E-state index is -0.214. The van der Waals surface area contributed by atoms with Gasteiger partial charge in [0, 0.05) is 67.1 Å². The van der Waals surface area contributed by atoms with Crippen molar-refractivity contribution in [2.24, 2.45) is 0 Å². The van der Waals surface area contributed by atoms with Gasteiger partial charge in [0.2, 0.25) is 0 Å². The summed E-state index contributed by atoms with van der Waals surface area (Å²) >= 11 is 1.51. The number of carbonyl (C=O) groups excluding carboxylic acids is 1. The third kappa shape index (κ3) is 4.69. The molecule has 5 aromatic rings. The minimum absolute atomic E-state index is 0.0720. The fourth-order valence-corrected chi connectivity index (χ4v) is 5.52. The lowest BCUT2D eigenvalue weighted by molar-refractivity contribution is 0.0594. The molecule has 1 aliphatic heterocycles. The second-order valence-corrected chi connectivity index (χ2v) is 10.0. The molecule has 1 fully saturated rings. The standard InChI is InChI=1S/C28H27N5O3S/c1-36-13-12-32-8-10-33(11-9-32)28(35)19-4-2-18(3-5-19)20-6-7-21-15-23(29-22(21)14-20)26-27(34)31-25-17-37-16-24(25)30-26/h2-7,14-17,29H,8-13H2,1H3,(H,31,34). The number of hydrogen-bond acceptors (Lipinski definition) is 6. The molecule has 8 nitrogen and oxygen atoms in total. The first kappa shape index (κ1) is 23.6. The van der Waals surface area contributed by atoms with E-state index < -0.39 is 0 Å². The molecule has 1 aliphatic rings. The third-order valence-electron chi connectivity index (χ3n) is 6.95. The number of nitrogens with zero attached hydrogens (tertiary/aromatic N) is 3. The molecule has 0 radical (unpaired) electrons. The molecule has 0 atom stereocenters. The summed E-state index contributed by atoms with van der Waals surface area (Å²) in [6.07, 6.45) is 0. The molecule has 0 aliphatic carbocycles. The Balaban J connectivity index is 1.19. The number of rotatable bonds is 6. The Kier molecular flexibility index (Phi) is 6.33. The number of carbonyl (C=O) groups is 1.